The normalized spacial score (nSPS) is 12.8. The fourth-order valence-electron chi connectivity index (χ4n) is 1.71. The van der Waals surface area contributed by atoms with E-state index in [-0.39, 0.29) is 24.1 Å². The van der Waals surface area contributed by atoms with Crippen LogP contribution in [-0.4, -0.2) is 27.7 Å². The Morgan fingerprint density at radius 3 is 2.42 bits per heavy atom. The van der Waals surface area contributed by atoms with Gasteiger partial charge in [0, 0.05) is 23.9 Å². The second-order valence-electron chi connectivity index (χ2n) is 4.94. The first-order valence-electron chi connectivity index (χ1n) is 6.75. The first kappa shape index (κ1) is 17.9. The predicted octanol–water partition coefficient (Wildman–Crippen LogP) is 3.31. The summed E-state index contributed by atoms with van der Waals surface area (Å²) in [7, 11) is 0. The third-order valence-corrected chi connectivity index (χ3v) is 2.86. The number of nitrogens with zero attached hydrogens (tertiary/aromatic N) is 2. The number of aliphatic hydroxyl groups excluding tert-OH is 1. The van der Waals surface area contributed by atoms with E-state index in [0.29, 0.717) is 6.07 Å². The summed E-state index contributed by atoms with van der Waals surface area (Å²) in [5.74, 6) is -2.87. The Hall–Kier alpha value is -2.49. The van der Waals surface area contributed by atoms with E-state index in [2.05, 4.69) is 20.6 Å². The number of nitrogens with one attached hydrogen (secondary N) is 2. The highest BCUT2D eigenvalue weighted by Gasteiger charge is 2.34. The van der Waals surface area contributed by atoms with Crippen LogP contribution in [0.25, 0.3) is 0 Å². The number of rotatable bonds is 5. The van der Waals surface area contributed by atoms with Gasteiger partial charge >= 0.3 is 6.18 Å². The lowest BCUT2D eigenvalue weighted by atomic mass is 10.3. The first-order chi connectivity index (χ1) is 11.2. The fraction of sp³-hybridized carbons (Fsp3) is 0.286. The molecule has 0 radical (unpaired) electrons. The van der Waals surface area contributed by atoms with Crippen molar-refractivity contribution in [1.29, 1.82) is 0 Å². The van der Waals surface area contributed by atoms with Crippen LogP contribution >= 0.6 is 0 Å². The summed E-state index contributed by atoms with van der Waals surface area (Å²) in [6.45, 7) is 1.18. The van der Waals surface area contributed by atoms with Gasteiger partial charge in [-0.2, -0.15) is 18.2 Å². The van der Waals surface area contributed by atoms with Crippen molar-refractivity contribution in [3.8, 4) is 0 Å². The minimum Gasteiger partial charge on any atom is -0.394 e. The van der Waals surface area contributed by atoms with Crippen molar-refractivity contribution in [3.05, 3.63) is 41.6 Å². The molecule has 0 fully saturated rings. The van der Waals surface area contributed by atoms with Crippen LogP contribution in [-0.2, 0) is 6.18 Å². The number of halogens is 5. The van der Waals surface area contributed by atoms with Crippen molar-refractivity contribution in [2.75, 3.05) is 17.2 Å². The van der Waals surface area contributed by atoms with Gasteiger partial charge in [0.2, 0.25) is 5.95 Å². The molecular formula is C14H13F5N4O. The summed E-state index contributed by atoms with van der Waals surface area (Å²) < 4.78 is 64.8. The molecule has 0 saturated heterocycles. The molecule has 5 nitrogen and oxygen atoms in total. The van der Waals surface area contributed by atoms with Gasteiger partial charge in [-0.3, -0.25) is 0 Å². The molecule has 0 spiro atoms. The van der Waals surface area contributed by atoms with Crippen LogP contribution in [0.4, 0.5) is 39.4 Å². The van der Waals surface area contributed by atoms with Gasteiger partial charge in [-0.15, -0.1) is 0 Å². The van der Waals surface area contributed by atoms with E-state index in [4.69, 9.17) is 5.11 Å². The predicted molar refractivity (Wildman–Crippen MR) is 76.8 cm³/mol. The van der Waals surface area contributed by atoms with Crippen molar-refractivity contribution in [1.82, 2.24) is 9.97 Å². The zero-order valence-corrected chi connectivity index (χ0v) is 12.3. The molecule has 0 aliphatic heterocycles. The van der Waals surface area contributed by atoms with Crippen LogP contribution in [0.1, 0.15) is 12.6 Å². The van der Waals surface area contributed by atoms with Crippen molar-refractivity contribution in [3.63, 3.8) is 0 Å². The Morgan fingerprint density at radius 2 is 1.83 bits per heavy atom. The highest BCUT2D eigenvalue weighted by molar-refractivity contribution is 5.58. The SMILES string of the molecule is C[C@@H](CO)Nc1nc(Nc2ccc(F)c(F)c2)cc(C(F)(F)F)n1. The molecule has 1 aromatic heterocycles. The van der Waals surface area contributed by atoms with E-state index in [1.807, 2.05) is 0 Å². The number of anilines is 3. The molecule has 0 saturated carbocycles. The van der Waals surface area contributed by atoms with Gasteiger partial charge in [-0.1, -0.05) is 0 Å². The van der Waals surface area contributed by atoms with Crippen LogP contribution in [0.2, 0.25) is 0 Å². The van der Waals surface area contributed by atoms with Gasteiger partial charge in [-0.25, -0.2) is 13.8 Å². The van der Waals surface area contributed by atoms with Crippen molar-refractivity contribution in [2.24, 2.45) is 0 Å². The second kappa shape index (κ2) is 6.95. The zero-order chi connectivity index (χ0) is 17.9. The molecular weight excluding hydrogens is 335 g/mol. The van der Waals surface area contributed by atoms with E-state index in [9.17, 15) is 22.0 Å². The molecule has 3 N–H and O–H groups in total. The van der Waals surface area contributed by atoms with Crippen LogP contribution in [0.3, 0.4) is 0 Å². The third kappa shape index (κ3) is 4.51. The smallest absolute Gasteiger partial charge is 0.394 e. The molecule has 0 amide bonds. The molecule has 0 unspecified atom stereocenters. The van der Waals surface area contributed by atoms with Crippen LogP contribution < -0.4 is 10.6 Å². The minimum atomic E-state index is -4.73. The maximum atomic E-state index is 13.2. The van der Waals surface area contributed by atoms with E-state index < -0.39 is 29.5 Å². The Kier molecular flexibility index (Phi) is 5.17. The third-order valence-electron chi connectivity index (χ3n) is 2.86. The van der Waals surface area contributed by atoms with E-state index in [1.54, 1.807) is 0 Å². The van der Waals surface area contributed by atoms with Gasteiger partial charge in [-0.05, 0) is 19.1 Å². The summed E-state index contributed by atoms with van der Waals surface area (Å²) in [5.41, 5.74) is -1.21. The summed E-state index contributed by atoms with van der Waals surface area (Å²) in [4.78, 5) is 7.16. The number of aliphatic hydroxyl groups is 1. The van der Waals surface area contributed by atoms with Crippen molar-refractivity contribution >= 4 is 17.5 Å². The largest absolute Gasteiger partial charge is 0.433 e. The van der Waals surface area contributed by atoms with Crippen molar-refractivity contribution in [2.45, 2.75) is 19.1 Å². The van der Waals surface area contributed by atoms with Gasteiger partial charge in [0.25, 0.3) is 0 Å². The topological polar surface area (TPSA) is 70.1 Å². The molecule has 2 aromatic rings. The average molecular weight is 348 g/mol. The summed E-state index contributed by atoms with van der Waals surface area (Å²) in [6.07, 6.45) is -4.73. The molecule has 0 bridgehead atoms. The van der Waals surface area contributed by atoms with Crippen LogP contribution in [0, 0.1) is 11.6 Å². The molecule has 0 aliphatic rings. The molecule has 1 aromatic carbocycles. The fourth-order valence-corrected chi connectivity index (χ4v) is 1.71. The van der Waals surface area contributed by atoms with E-state index in [1.165, 1.54) is 6.92 Å². The highest BCUT2D eigenvalue weighted by atomic mass is 19.4. The molecule has 0 aliphatic carbocycles. The lowest BCUT2D eigenvalue weighted by molar-refractivity contribution is -0.141. The standard InChI is InChI=1S/C14H13F5N4O/c1-7(6-24)20-13-22-11(14(17,18)19)5-12(23-13)21-8-2-3-9(15)10(16)4-8/h2-5,7,24H,6H2,1H3,(H2,20,21,22,23)/t7-/m0/s1. The van der Waals surface area contributed by atoms with Gasteiger partial charge in [0.1, 0.15) is 5.82 Å². The summed E-state index contributed by atoms with van der Waals surface area (Å²) >= 11 is 0. The Morgan fingerprint density at radius 1 is 1.12 bits per heavy atom. The van der Waals surface area contributed by atoms with Crippen molar-refractivity contribution < 1.29 is 27.1 Å². The zero-order valence-electron chi connectivity index (χ0n) is 12.3. The van der Waals surface area contributed by atoms with Gasteiger partial charge in [0.05, 0.1) is 6.61 Å². The Labute approximate surface area is 133 Å². The van der Waals surface area contributed by atoms with Gasteiger partial charge in [0.15, 0.2) is 17.3 Å². The highest BCUT2D eigenvalue weighted by Crippen LogP contribution is 2.30. The van der Waals surface area contributed by atoms with Gasteiger partial charge < -0.3 is 15.7 Å². The van der Waals surface area contributed by atoms with E-state index in [0.717, 1.165) is 18.2 Å². The first-order valence-corrected chi connectivity index (χ1v) is 6.75. The Balaban J connectivity index is 2.36. The lowest BCUT2D eigenvalue weighted by Gasteiger charge is -2.15. The number of alkyl halides is 3. The molecule has 10 heteroatoms. The molecule has 1 atom stereocenters. The monoisotopic (exact) mass is 348 g/mol. The maximum absolute atomic E-state index is 13.2. The Bertz CT molecular complexity index is 723. The molecule has 1 heterocycles. The molecule has 2 rings (SSSR count). The number of hydrogen-bond acceptors (Lipinski definition) is 5. The summed E-state index contributed by atoms with van der Waals surface area (Å²) in [5, 5.41) is 13.9. The number of benzene rings is 1. The number of hydrogen-bond donors (Lipinski definition) is 3. The molecule has 24 heavy (non-hydrogen) atoms. The van der Waals surface area contributed by atoms with Crippen LogP contribution in [0.5, 0.6) is 0 Å². The average Bonchev–Trinajstić information content (AvgIpc) is 2.49. The minimum absolute atomic E-state index is 0.0156. The molecule has 130 valence electrons. The van der Waals surface area contributed by atoms with Crippen LogP contribution in [0.15, 0.2) is 24.3 Å². The quantitative estimate of drug-likeness (QED) is 0.724. The maximum Gasteiger partial charge on any atom is 0.433 e. The number of aromatic nitrogens is 2. The van der Waals surface area contributed by atoms with E-state index >= 15 is 0 Å². The lowest BCUT2D eigenvalue weighted by Crippen LogP contribution is -2.22. The second-order valence-corrected chi connectivity index (χ2v) is 4.94. The summed E-state index contributed by atoms with van der Waals surface area (Å²) in [6, 6.07) is 2.82.